The van der Waals surface area contributed by atoms with Crippen LogP contribution in [0.25, 0.3) is 0 Å². The molecule has 0 bridgehead atoms. The zero-order valence-electron chi connectivity index (χ0n) is 16.3. The van der Waals surface area contributed by atoms with Gasteiger partial charge in [-0.2, -0.15) is 4.31 Å². The predicted octanol–water partition coefficient (Wildman–Crippen LogP) is 2.84. The summed E-state index contributed by atoms with van der Waals surface area (Å²) in [6, 6.07) is 13.7. The molecule has 1 heterocycles. The summed E-state index contributed by atoms with van der Waals surface area (Å²) in [6.07, 6.45) is 0. The number of thioether (sulfide) groups is 1. The van der Waals surface area contributed by atoms with Crippen LogP contribution in [0.4, 0.5) is 5.69 Å². The fourth-order valence-electron chi connectivity index (χ4n) is 2.80. The number of nitrogens with one attached hydrogen (secondary N) is 1. The first-order chi connectivity index (χ1) is 13.9. The smallest absolute Gasteiger partial charge is 0.243 e. The summed E-state index contributed by atoms with van der Waals surface area (Å²) in [7, 11) is -1.94. The number of hydrogen-bond donors (Lipinski definition) is 1. The van der Waals surface area contributed by atoms with E-state index < -0.39 is 10.0 Å². The van der Waals surface area contributed by atoms with Crippen molar-refractivity contribution in [3.63, 3.8) is 0 Å². The number of anilines is 1. The predicted molar refractivity (Wildman–Crippen MR) is 113 cm³/mol. The average molecular weight is 437 g/mol. The minimum absolute atomic E-state index is 0.158. The van der Waals surface area contributed by atoms with E-state index in [2.05, 4.69) is 5.32 Å². The Labute approximate surface area is 175 Å². The van der Waals surface area contributed by atoms with Crippen molar-refractivity contribution in [3.8, 4) is 5.75 Å². The zero-order chi connectivity index (χ0) is 20.9. The second kappa shape index (κ2) is 9.62. The molecule has 0 aliphatic carbocycles. The number of nitrogens with zero attached hydrogens (tertiary/aromatic N) is 1. The molecule has 3 rings (SSSR count). The van der Waals surface area contributed by atoms with Crippen LogP contribution < -0.4 is 10.1 Å². The molecular weight excluding hydrogens is 412 g/mol. The van der Waals surface area contributed by atoms with Crippen molar-refractivity contribution in [1.82, 2.24) is 4.31 Å². The molecule has 0 spiro atoms. The molecule has 29 heavy (non-hydrogen) atoms. The molecule has 2 aromatic rings. The molecule has 0 aromatic heterocycles. The molecule has 0 radical (unpaired) electrons. The molecule has 1 atom stereocenters. The van der Waals surface area contributed by atoms with Crippen LogP contribution in [-0.4, -0.2) is 57.3 Å². The molecule has 156 valence electrons. The molecule has 1 fully saturated rings. The third kappa shape index (κ3) is 5.51. The molecule has 9 heteroatoms. The summed E-state index contributed by atoms with van der Waals surface area (Å²) in [5, 5.41) is 2.51. The summed E-state index contributed by atoms with van der Waals surface area (Å²) in [6.45, 7) is 3.32. The Morgan fingerprint density at radius 3 is 2.31 bits per heavy atom. The molecule has 1 aliphatic rings. The van der Waals surface area contributed by atoms with E-state index >= 15 is 0 Å². The van der Waals surface area contributed by atoms with Crippen molar-refractivity contribution in [3.05, 3.63) is 48.5 Å². The van der Waals surface area contributed by atoms with Gasteiger partial charge >= 0.3 is 0 Å². The molecule has 7 nitrogen and oxygen atoms in total. The van der Waals surface area contributed by atoms with Crippen LogP contribution in [0.15, 0.2) is 58.3 Å². The summed E-state index contributed by atoms with van der Waals surface area (Å²) in [5.74, 6) is 0.605. The molecule has 0 saturated carbocycles. The van der Waals surface area contributed by atoms with Gasteiger partial charge in [-0.25, -0.2) is 8.42 Å². The largest absolute Gasteiger partial charge is 0.497 e. The fraction of sp³-hybridized carbons (Fsp3) is 0.350. The quantitative estimate of drug-likeness (QED) is 0.672. The summed E-state index contributed by atoms with van der Waals surface area (Å²) < 4.78 is 37.1. The molecule has 1 N–H and O–H groups in total. The van der Waals surface area contributed by atoms with Crippen LogP contribution in [0, 0.1) is 0 Å². The van der Waals surface area contributed by atoms with E-state index in [9.17, 15) is 13.2 Å². The molecule has 0 unspecified atom stereocenters. The highest BCUT2D eigenvalue weighted by Crippen LogP contribution is 2.26. The monoisotopic (exact) mass is 436 g/mol. The molecular formula is C20H24N2O5S2. The Bertz CT molecular complexity index is 924. The molecule has 2 aromatic carbocycles. The van der Waals surface area contributed by atoms with E-state index in [1.165, 1.54) is 28.2 Å². The minimum atomic E-state index is -3.54. The van der Waals surface area contributed by atoms with E-state index in [-0.39, 0.29) is 16.1 Å². The van der Waals surface area contributed by atoms with Crippen molar-refractivity contribution < 1.29 is 22.7 Å². The first kappa shape index (κ1) is 21.6. The van der Waals surface area contributed by atoms with Crippen LogP contribution in [-0.2, 0) is 19.6 Å². The van der Waals surface area contributed by atoms with Crippen molar-refractivity contribution in [1.29, 1.82) is 0 Å². The van der Waals surface area contributed by atoms with Crippen LogP contribution in [0.5, 0.6) is 5.75 Å². The van der Waals surface area contributed by atoms with Gasteiger partial charge in [0.1, 0.15) is 5.75 Å². The van der Waals surface area contributed by atoms with Gasteiger partial charge in [-0.1, -0.05) is 0 Å². The van der Waals surface area contributed by atoms with Gasteiger partial charge in [0.25, 0.3) is 0 Å². The lowest BCUT2D eigenvalue weighted by Gasteiger charge is -2.26. The van der Waals surface area contributed by atoms with E-state index in [1.807, 2.05) is 31.2 Å². The van der Waals surface area contributed by atoms with E-state index in [1.54, 1.807) is 19.2 Å². The van der Waals surface area contributed by atoms with Gasteiger partial charge in [-0.15, -0.1) is 11.8 Å². The highest BCUT2D eigenvalue weighted by molar-refractivity contribution is 8.00. The number of methoxy groups -OCH3 is 1. The Balaban J connectivity index is 1.60. The van der Waals surface area contributed by atoms with Gasteiger partial charge in [-0.3, -0.25) is 4.79 Å². The van der Waals surface area contributed by atoms with E-state index in [0.29, 0.717) is 32.0 Å². The van der Waals surface area contributed by atoms with Crippen molar-refractivity contribution in [2.45, 2.75) is 22.0 Å². The maximum Gasteiger partial charge on any atom is 0.243 e. The Kier molecular flexibility index (Phi) is 7.18. The van der Waals surface area contributed by atoms with Gasteiger partial charge in [0.05, 0.1) is 30.5 Å². The normalized spacial score (nSPS) is 16.2. The second-order valence-electron chi connectivity index (χ2n) is 6.47. The SMILES string of the molecule is COc1ccc(S[C@H](C)C(=O)Nc2ccc(S(=O)(=O)N3CCOCC3)cc2)cc1. The maximum absolute atomic E-state index is 12.6. The fourth-order valence-corrected chi connectivity index (χ4v) is 5.08. The van der Waals surface area contributed by atoms with Crippen LogP contribution >= 0.6 is 11.8 Å². The van der Waals surface area contributed by atoms with E-state index in [4.69, 9.17) is 9.47 Å². The van der Waals surface area contributed by atoms with Crippen molar-refractivity contribution in [2.24, 2.45) is 0 Å². The average Bonchev–Trinajstić information content (AvgIpc) is 2.75. The highest BCUT2D eigenvalue weighted by Gasteiger charge is 2.26. The minimum Gasteiger partial charge on any atom is -0.497 e. The highest BCUT2D eigenvalue weighted by atomic mass is 32.2. The van der Waals surface area contributed by atoms with Crippen molar-refractivity contribution in [2.75, 3.05) is 38.7 Å². The lowest BCUT2D eigenvalue weighted by atomic mass is 10.3. The number of rotatable bonds is 7. The lowest BCUT2D eigenvalue weighted by molar-refractivity contribution is -0.115. The van der Waals surface area contributed by atoms with Gasteiger partial charge < -0.3 is 14.8 Å². The Hall–Kier alpha value is -2.07. The number of sulfonamides is 1. The maximum atomic E-state index is 12.6. The van der Waals surface area contributed by atoms with Crippen LogP contribution in [0.1, 0.15) is 6.92 Å². The summed E-state index contributed by atoms with van der Waals surface area (Å²) in [5.41, 5.74) is 0.554. The molecule has 1 amide bonds. The third-order valence-electron chi connectivity index (χ3n) is 4.47. The van der Waals surface area contributed by atoms with Crippen molar-refractivity contribution >= 4 is 33.4 Å². The number of ether oxygens (including phenoxy) is 2. The van der Waals surface area contributed by atoms with Gasteiger partial charge in [0, 0.05) is 23.7 Å². The van der Waals surface area contributed by atoms with Crippen LogP contribution in [0.2, 0.25) is 0 Å². The number of carbonyl (C=O) groups excluding carboxylic acids is 1. The number of benzene rings is 2. The first-order valence-electron chi connectivity index (χ1n) is 9.19. The second-order valence-corrected chi connectivity index (χ2v) is 9.82. The molecule has 1 aliphatic heterocycles. The molecule has 1 saturated heterocycles. The summed E-state index contributed by atoms with van der Waals surface area (Å²) in [4.78, 5) is 13.6. The van der Waals surface area contributed by atoms with Gasteiger partial charge in [0.15, 0.2) is 0 Å². The number of morpholine rings is 1. The zero-order valence-corrected chi connectivity index (χ0v) is 18.0. The number of amides is 1. The topological polar surface area (TPSA) is 84.9 Å². The van der Waals surface area contributed by atoms with Gasteiger partial charge in [0.2, 0.25) is 15.9 Å². The number of hydrogen-bond acceptors (Lipinski definition) is 6. The lowest BCUT2D eigenvalue weighted by Crippen LogP contribution is -2.40. The first-order valence-corrected chi connectivity index (χ1v) is 11.5. The summed E-state index contributed by atoms with van der Waals surface area (Å²) >= 11 is 1.43. The standard InChI is InChI=1S/C20H24N2O5S2/c1-15(28-18-7-5-17(26-2)6-8-18)20(23)21-16-3-9-19(10-4-16)29(24,25)22-11-13-27-14-12-22/h3-10,15H,11-14H2,1-2H3,(H,21,23)/t15-/m1/s1. The van der Waals surface area contributed by atoms with E-state index in [0.717, 1.165) is 10.6 Å². The van der Waals surface area contributed by atoms with Crippen LogP contribution in [0.3, 0.4) is 0 Å². The Morgan fingerprint density at radius 1 is 1.10 bits per heavy atom. The Morgan fingerprint density at radius 2 is 1.72 bits per heavy atom. The third-order valence-corrected chi connectivity index (χ3v) is 7.50. The number of carbonyl (C=O) groups is 1. The van der Waals surface area contributed by atoms with Gasteiger partial charge in [-0.05, 0) is 55.5 Å².